The lowest BCUT2D eigenvalue weighted by Crippen LogP contribution is -2.77. The number of carbonyl (C=O) groups excluding carboxylic acids is 1. The summed E-state index contributed by atoms with van der Waals surface area (Å²) in [6.45, 7) is 2.64. The number of halogens is 5. The van der Waals surface area contributed by atoms with Crippen LogP contribution in [0.4, 0.5) is 22.0 Å². The second-order valence-corrected chi connectivity index (χ2v) is 9.61. The molecule has 1 heterocycles. The molecule has 1 N–H and O–H groups in total. The third kappa shape index (κ3) is 3.01. The molecule has 0 aromatic rings. The number of esters is 1. The monoisotopic (exact) mass is 440 g/mol. The Morgan fingerprint density at radius 2 is 1.63 bits per heavy atom. The number of alkyl halides is 5. The van der Waals surface area contributed by atoms with Crippen LogP contribution in [0.2, 0.25) is 0 Å². The molecule has 170 valence electrons. The highest BCUT2D eigenvalue weighted by atomic mass is 19.4. The maximum absolute atomic E-state index is 15.1. The average molecular weight is 440 g/mol. The normalized spacial score (nSPS) is 47.2. The Hall–Kier alpha value is -1.26. The number of hydrogen-bond donors (Lipinski definition) is 1. The molecule has 3 unspecified atom stereocenters. The van der Waals surface area contributed by atoms with Gasteiger partial charge in [0, 0.05) is 11.5 Å². The van der Waals surface area contributed by atoms with Gasteiger partial charge in [0.05, 0.1) is 0 Å². The van der Waals surface area contributed by atoms with Crippen LogP contribution in [0.5, 0.6) is 0 Å². The van der Waals surface area contributed by atoms with Crippen molar-refractivity contribution >= 4 is 5.97 Å². The Kier molecular flexibility index (Phi) is 4.84. The second-order valence-electron chi connectivity index (χ2n) is 9.61. The summed E-state index contributed by atoms with van der Waals surface area (Å²) < 4.78 is 86.3. The Morgan fingerprint density at radius 3 is 2.07 bits per heavy atom. The number of carbonyl (C=O) groups is 1. The molecule has 1 saturated heterocycles. The van der Waals surface area contributed by atoms with Gasteiger partial charge in [-0.2, -0.15) is 22.0 Å². The predicted octanol–water partition coefficient (Wildman–Crippen LogP) is 3.95. The first-order valence-corrected chi connectivity index (χ1v) is 10.1. The molecule has 0 aromatic carbocycles. The third-order valence-electron chi connectivity index (χ3n) is 7.36. The summed E-state index contributed by atoms with van der Waals surface area (Å²) in [5.41, 5.74) is -3.85. The summed E-state index contributed by atoms with van der Waals surface area (Å²) in [4.78, 5) is 11.4. The largest absolute Gasteiger partial charge is 0.459 e. The first-order valence-electron chi connectivity index (χ1n) is 10.1. The average Bonchev–Trinajstić information content (AvgIpc) is 2.62. The molecule has 4 aliphatic carbocycles. The zero-order chi connectivity index (χ0) is 22.2. The van der Waals surface area contributed by atoms with Gasteiger partial charge in [-0.15, -0.1) is 0 Å². The molecule has 5 rings (SSSR count). The lowest BCUT2D eigenvalue weighted by Gasteiger charge is -2.62. The summed E-state index contributed by atoms with van der Waals surface area (Å²) in [7, 11) is 0. The van der Waals surface area contributed by atoms with E-state index in [0.717, 1.165) is 19.3 Å². The summed E-state index contributed by atoms with van der Waals surface area (Å²) in [6, 6.07) is 0. The Bertz CT molecular complexity index is 702. The van der Waals surface area contributed by atoms with Crippen molar-refractivity contribution in [2.75, 3.05) is 6.61 Å². The molecule has 4 bridgehead atoms. The van der Waals surface area contributed by atoms with Gasteiger partial charge in [-0.05, 0) is 63.2 Å². The standard InChI is InChI=1S/C20H25F5O5/c1-3-14(26)28-10-16(2)18(21,22)19(27,20(23,24)25)30-15(29-16)17-7-11-4-12(8-17)6-13(5-11)9-17/h3,11-13,15,27H,1,4-10H2,2H3. The molecule has 5 fully saturated rings. The van der Waals surface area contributed by atoms with Gasteiger partial charge < -0.3 is 19.3 Å². The molecule has 4 saturated carbocycles. The first kappa shape index (κ1) is 22.0. The molecule has 0 spiro atoms. The van der Waals surface area contributed by atoms with Crippen LogP contribution >= 0.6 is 0 Å². The Morgan fingerprint density at radius 1 is 1.13 bits per heavy atom. The van der Waals surface area contributed by atoms with Crippen LogP contribution < -0.4 is 0 Å². The van der Waals surface area contributed by atoms with Crippen LogP contribution in [-0.2, 0) is 19.0 Å². The molecule has 0 aromatic heterocycles. The molecular weight excluding hydrogens is 415 g/mol. The van der Waals surface area contributed by atoms with Gasteiger partial charge in [0.15, 0.2) is 11.9 Å². The lowest BCUT2D eigenvalue weighted by atomic mass is 9.49. The number of aliphatic hydroxyl groups is 1. The molecule has 5 aliphatic rings. The zero-order valence-electron chi connectivity index (χ0n) is 16.5. The van der Waals surface area contributed by atoms with Crippen LogP contribution in [0.25, 0.3) is 0 Å². The molecule has 3 atom stereocenters. The Balaban J connectivity index is 1.72. The third-order valence-corrected chi connectivity index (χ3v) is 7.36. The molecular formula is C20H25F5O5. The van der Waals surface area contributed by atoms with Crippen LogP contribution in [0, 0.1) is 23.2 Å². The quantitative estimate of drug-likeness (QED) is 0.408. The number of hydrogen-bond acceptors (Lipinski definition) is 5. The molecule has 30 heavy (non-hydrogen) atoms. The van der Waals surface area contributed by atoms with Crippen LogP contribution in [0.3, 0.4) is 0 Å². The minimum Gasteiger partial charge on any atom is -0.459 e. The summed E-state index contributed by atoms with van der Waals surface area (Å²) in [5.74, 6) is -10.00. The predicted molar refractivity (Wildman–Crippen MR) is 92.1 cm³/mol. The van der Waals surface area contributed by atoms with Crippen molar-refractivity contribution in [2.45, 2.75) is 75.2 Å². The van der Waals surface area contributed by atoms with Crippen molar-refractivity contribution in [3.05, 3.63) is 12.7 Å². The van der Waals surface area contributed by atoms with Gasteiger partial charge >= 0.3 is 23.9 Å². The summed E-state index contributed by atoms with van der Waals surface area (Å²) in [5, 5.41) is 10.2. The van der Waals surface area contributed by atoms with Crippen LogP contribution in [-0.4, -0.2) is 47.5 Å². The van der Waals surface area contributed by atoms with E-state index in [1.54, 1.807) is 0 Å². The molecule has 5 nitrogen and oxygen atoms in total. The topological polar surface area (TPSA) is 65.0 Å². The van der Waals surface area contributed by atoms with Gasteiger partial charge in [0.25, 0.3) is 0 Å². The second kappa shape index (κ2) is 6.62. The van der Waals surface area contributed by atoms with E-state index in [9.17, 15) is 23.1 Å². The van der Waals surface area contributed by atoms with E-state index in [4.69, 9.17) is 9.47 Å². The van der Waals surface area contributed by atoms with Gasteiger partial charge in [-0.1, -0.05) is 6.58 Å². The van der Waals surface area contributed by atoms with E-state index >= 15 is 8.78 Å². The van der Waals surface area contributed by atoms with E-state index < -0.39 is 47.8 Å². The van der Waals surface area contributed by atoms with Crippen LogP contribution in [0.1, 0.15) is 45.4 Å². The van der Waals surface area contributed by atoms with Crippen molar-refractivity contribution in [1.29, 1.82) is 0 Å². The maximum Gasteiger partial charge on any atom is 0.449 e. The van der Waals surface area contributed by atoms with E-state index in [2.05, 4.69) is 11.3 Å². The number of rotatable bonds is 4. The van der Waals surface area contributed by atoms with E-state index in [0.29, 0.717) is 32.3 Å². The minimum atomic E-state index is -5.80. The fourth-order valence-corrected chi connectivity index (χ4v) is 6.28. The molecule has 0 amide bonds. The smallest absolute Gasteiger partial charge is 0.449 e. The first-order chi connectivity index (χ1) is 13.8. The fraction of sp³-hybridized carbons (Fsp3) is 0.850. The van der Waals surface area contributed by atoms with Gasteiger partial charge in [-0.3, -0.25) is 0 Å². The van der Waals surface area contributed by atoms with Crippen molar-refractivity contribution in [3.8, 4) is 0 Å². The Labute approximate surface area is 170 Å². The minimum absolute atomic E-state index is 0.273. The van der Waals surface area contributed by atoms with E-state index in [1.165, 1.54) is 0 Å². The molecule has 1 aliphatic heterocycles. The van der Waals surface area contributed by atoms with Crippen molar-refractivity contribution in [2.24, 2.45) is 23.2 Å². The van der Waals surface area contributed by atoms with Gasteiger partial charge in [-0.25, -0.2) is 4.79 Å². The fourth-order valence-electron chi connectivity index (χ4n) is 6.28. The molecule has 10 heteroatoms. The van der Waals surface area contributed by atoms with Crippen molar-refractivity contribution in [1.82, 2.24) is 0 Å². The van der Waals surface area contributed by atoms with Crippen molar-refractivity contribution in [3.63, 3.8) is 0 Å². The van der Waals surface area contributed by atoms with Crippen LogP contribution in [0.15, 0.2) is 12.7 Å². The molecule has 0 radical (unpaired) electrons. The number of ether oxygens (including phenoxy) is 3. The SMILES string of the molecule is C=CC(=O)OCC1(C)OC(C23CC4CC(CC(C4)C2)C3)OC(O)(C(F)(F)F)C1(F)F. The lowest BCUT2D eigenvalue weighted by molar-refractivity contribution is -0.535. The van der Waals surface area contributed by atoms with Crippen molar-refractivity contribution < 1.29 is 46.1 Å². The highest BCUT2D eigenvalue weighted by molar-refractivity contribution is 5.81. The van der Waals surface area contributed by atoms with E-state index in [-0.39, 0.29) is 17.8 Å². The summed E-state index contributed by atoms with van der Waals surface area (Å²) in [6.07, 6.45) is -2.45. The summed E-state index contributed by atoms with van der Waals surface area (Å²) >= 11 is 0. The van der Waals surface area contributed by atoms with Gasteiger partial charge in [0.1, 0.15) is 6.61 Å². The van der Waals surface area contributed by atoms with Gasteiger partial charge in [0.2, 0.25) is 0 Å². The highest BCUT2D eigenvalue weighted by Gasteiger charge is 2.82. The highest BCUT2D eigenvalue weighted by Crippen LogP contribution is 2.65. The maximum atomic E-state index is 15.1. The zero-order valence-corrected chi connectivity index (χ0v) is 16.5. The van der Waals surface area contributed by atoms with E-state index in [1.807, 2.05) is 0 Å².